The second-order valence-electron chi connectivity index (χ2n) is 6.12. The Bertz CT molecular complexity index is 1150. The van der Waals surface area contributed by atoms with Crippen LogP contribution in [-0.2, 0) is 14.0 Å². The van der Waals surface area contributed by atoms with Crippen LogP contribution in [-0.4, -0.2) is 20.1 Å². The molecule has 3 aromatic rings. The SMILES string of the molecule is C=CC(SOS(=O)(=O)[O-])c1ccccc1.COc1cc(Nc2ccccc2)ccc1[N+]#N. The second kappa shape index (κ2) is 12.5. The molecule has 0 spiro atoms. The molecule has 1 N–H and O–H groups in total. The molecule has 0 saturated heterocycles. The van der Waals surface area contributed by atoms with Gasteiger partial charge in [0, 0.05) is 35.6 Å². The molecule has 8 nitrogen and oxygen atoms in total. The van der Waals surface area contributed by atoms with Gasteiger partial charge in [-0.3, -0.25) is 0 Å². The lowest BCUT2D eigenvalue weighted by molar-refractivity contribution is 0.391. The molecule has 0 fully saturated rings. The van der Waals surface area contributed by atoms with E-state index < -0.39 is 10.4 Å². The van der Waals surface area contributed by atoms with E-state index in [1.807, 2.05) is 42.5 Å². The van der Waals surface area contributed by atoms with Gasteiger partial charge < -0.3 is 14.6 Å². The van der Waals surface area contributed by atoms with Crippen molar-refractivity contribution < 1.29 is 21.3 Å². The van der Waals surface area contributed by atoms with Crippen LogP contribution in [0.25, 0.3) is 4.98 Å². The fourth-order valence-electron chi connectivity index (χ4n) is 2.49. The first-order valence-corrected chi connectivity index (χ1v) is 11.3. The van der Waals surface area contributed by atoms with Gasteiger partial charge in [-0.1, -0.05) is 54.6 Å². The Morgan fingerprint density at radius 3 is 2.22 bits per heavy atom. The third kappa shape index (κ3) is 8.41. The number of nitrogens with zero attached hydrogens (tertiary/aromatic N) is 2. The predicted molar refractivity (Wildman–Crippen MR) is 125 cm³/mol. The lowest BCUT2D eigenvalue weighted by atomic mass is 10.1. The summed E-state index contributed by atoms with van der Waals surface area (Å²) in [5, 5.41) is 11.6. The van der Waals surface area contributed by atoms with Crippen LogP contribution in [0.1, 0.15) is 10.8 Å². The Morgan fingerprint density at radius 1 is 1.06 bits per heavy atom. The van der Waals surface area contributed by atoms with Gasteiger partial charge in [0.25, 0.3) is 0 Å². The van der Waals surface area contributed by atoms with E-state index in [2.05, 4.69) is 20.5 Å². The molecule has 1 unspecified atom stereocenters. The molecule has 3 rings (SSSR count). The number of benzene rings is 3. The molecular formula is C22H21N3O5S2. The Balaban J connectivity index is 0.000000229. The first kappa shape index (κ1) is 24.9. The quantitative estimate of drug-likeness (QED) is 0.141. The van der Waals surface area contributed by atoms with Gasteiger partial charge in [-0.15, -0.1) is 6.58 Å². The van der Waals surface area contributed by atoms with Gasteiger partial charge in [0.15, 0.2) is 4.98 Å². The van der Waals surface area contributed by atoms with Crippen LogP contribution in [0.2, 0.25) is 0 Å². The number of nitrogens with one attached hydrogen (secondary N) is 1. The number of diazo groups is 1. The molecule has 0 aromatic heterocycles. The van der Waals surface area contributed by atoms with E-state index in [0.717, 1.165) is 16.9 Å². The summed E-state index contributed by atoms with van der Waals surface area (Å²) >= 11 is 0.563. The molecule has 0 aliphatic rings. The summed E-state index contributed by atoms with van der Waals surface area (Å²) in [5.74, 6) is 0.522. The molecule has 0 saturated carbocycles. The molecule has 0 aliphatic carbocycles. The fraction of sp³-hybridized carbons (Fsp3) is 0.0909. The summed E-state index contributed by atoms with van der Waals surface area (Å²) in [4.78, 5) is 3.14. The Morgan fingerprint density at radius 2 is 1.69 bits per heavy atom. The second-order valence-corrected chi connectivity index (χ2v) is 8.18. The number of methoxy groups -OCH3 is 1. The molecule has 0 aliphatic heterocycles. The van der Waals surface area contributed by atoms with Crippen LogP contribution in [0.5, 0.6) is 5.75 Å². The number of ether oxygens (including phenoxy) is 1. The maximum Gasteiger partial charge on any atom is 0.426 e. The van der Waals surface area contributed by atoms with Crippen LogP contribution >= 0.6 is 12.0 Å². The zero-order valence-corrected chi connectivity index (χ0v) is 18.8. The highest BCUT2D eigenvalue weighted by Gasteiger charge is 2.14. The lowest BCUT2D eigenvalue weighted by Gasteiger charge is -2.12. The normalized spacial score (nSPS) is 11.3. The van der Waals surface area contributed by atoms with Gasteiger partial charge in [0.05, 0.1) is 12.4 Å². The first-order valence-electron chi connectivity index (χ1n) is 9.19. The van der Waals surface area contributed by atoms with Gasteiger partial charge in [-0.2, -0.15) is 0 Å². The predicted octanol–water partition coefficient (Wildman–Crippen LogP) is 5.96. The van der Waals surface area contributed by atoms with Gasteiger partial charge in [0.2, 0.25) is 21.5 Å². The Labute approximate surface area is 191 Å². The monoisotopic (exact) mass is 471 g/mol. The molecule has 3 aromatic carbocycles. The van der Waals surface area contributed by atoms with E-state index in [0.29, 0.717) is 23.5 Å². The number of hydrogen-bond donors (Lipinski definition) is 1. The van der Waals surface area contributed by atoms with E-state index >= 15 is 0 Å². The van der Waals surface area contributed by atoms with Crippen molar-refractivity contribution in [2.24, 2.45) is 0 Å². The third-order valence-corrected chi connectivity index (χ3v) is 5.57. The summed E-state index contributed by atoms with van der Waals surface area (Å²) < 4.78 is 40.0. The Hall–Kier alpha value is -3.36. The molecule has 0 radical (unpaired) electrons. The summed E-state index contributed by atoms with van der Waals surface area (Å²) in [5.41, 5.74) is 3.09. The molecule has 166 valence electrons. The summed E-state index contributed by atoms with van der Waals surface area (Å²) in [7, 11) is -3.13. The number of anilines is 2. The first-order chi connectivity index (χ1) is 15.4. The minimum absolute atomic E-state index is 0.380. The Kier molecular flexibility index (Phi) is 9.72. The summed E-state index contributed by atoms with van der Waals surface area (Å²) in [6, 6.07) is 24.1. The highest BCUT2D eigenvalue weighted by atomic mass is 32.3. The minimum Gasteiger partial charge on any atom is -0.725 e. The number of rotatable bonds is 8. The standard InChI is InChI=1S/C13H12N3O.C9H10O4S2/c1-17-13-9-11(7-8-12(13)16-14)15-10-5-3-2-4-6-10;1-2-9(14-13-15(10,11)12)8-6-4-3-5-7-8/h2-9,15H,1H3;2-7,9H,1H2,(H,10,11,12)/q+1;/p-1. The van der Waals surface area contributed by atoms with Gasteiger partial charge in [-0.25, -0.2) is 12.0 Å². The average molecular weight is 472 g/mol. The summed E-state index contributed by atoms with van der Waals surface area (Å²) in [6.45, 7) is 3.54. The van der Waals surface area contributed by atoms with E-state index in [4.69, 9.17) is 10.1 Å². The van der Waals surface area contributed by atoms with Crippen LogP contribution < -0.4 is 10.1 Å². The van der Waals surface area contributed by atoms with Crippen molar-refractivity contribution in [3.05, 3.63) is 102 Å². The van der Waals surface area contributed by atoms with Crippen LogP contribution in [0, 0.1) is 5.39 Å². The topological polar surface area (TPSA) is 116 Å². The van der Waals surface area contributed by atoms with Crippen LogP contribution in [0.15, 0.2) is 91.5 Å². The van der Waals surface area contributed by atoms with Crippen molar-refractivity contribution in [2.75, 3.05) is 12.4 Å². The van der Waals surface area contributed by atoms with Gasteiger partial charge in [0.1, 0.15) is 0 Å². The van der Waals surface area contributed by atoms with Gasteiger partial charge >= 0.3 is 5.69 Å². The largest absolute Gasteiger partial charge is 0.725 e. The van der Waals surface area contributed by atoms with Crippen molar-refractivity contribution in [3.63, 3.8) is 0 Å². The molecule has 10 heteroatoms. The average Bonchev–Trinajstić information content (AvgIpc) is 2.80. The van der Waals surface area contributed by atoms with E-state index in [1.54, 1.807) is 36.4 Å². The number of para-hydroxylation sites is 1. The smallest absolute Gasteiger partial charge is 0.426 e. The maximum absolute atomic E-state index is 10.3. The third-order valence-electron chi connectivity index (χ3n) is 3.92. The zero-order chi connectivity index (χ0) is 23.4. The maximum atomic E-state index is 10.3. The minimum atomic E-state index is -4.67. The van der Waals surface area contributed by atoms with Crippen molar-refractivity contribution in [1.82, 2.24) is 0 Å². The van der Waals surface area contributed by atoms with Crippen molar-refractivity contribution in [2.45, 2.75) is 5.25 Å². The van der Waals surface area contributed by atoms with Gasteiger partial charge in [-0.05, 0) is 23.8 Å². The fourth-order valence-corrected chi connectivity index (χ4v) is 3.56. The summed E-state index contributed by atoms with van der Waals surface area (Å²) in [6.07, 6.45) is 1.51. The molecule has 0 bridgehead atoms. The van der Waals surface area contributed by atoms with Crippen molar-refractivity contribution in [3.8, 4) is 5.75 Å². The highest BCUT2D eigenvalue weighted by molar-refractivity contribution is 8.03. The molecule has 32 heavy (non-hydrogen) atoms. The van der Waals surface area contributed by atoms with E-state index in [1.165, 1.54) is 13.2 Å². The molecule has 0 heterocycles. The molecule has 1 atom stereocenters. The van der Waals surface area contributed by atoms with Crippen LogP contribution in [0.4, 0.5) is 17.1 Å². The molecular weight excluding hydrogens is 450 g/mol. The van der Waals surface area contributed by atoms with Crippen molar-refractivity contribution in [1.29, 1.82) is 5.39 Å². The highest BCUT2D eigenvalue weighted by Crippen LogP contribution is 2.32. The number of hydrogen-bond acceptors (Lipinski definition) is 8. The van der Waals surface area contributed by atoms with E-state index in [9.17, 15) is 13.0 Å². The zero-order valence-electron chi connectivity index (χ0n) is 17.1. The van der Waals surface area contributed by atoms with Crippen LogP contribution in [0.3, 0.4) is 0 Å². The lowest BCUT2D eigenvalue weighted by Crippen LogP contribution is -2.00. The molecule has 0 amide bonds. The van der Waals surface area contributed by atoms with Crippen molar-refractivity contribution >= 4 is 39.5 Å². The van der Waals surface area contributed by atoms with E-state index in [-0.39, 0.29) is 5.25 Å².